The molecule has 0 unspecified atom stereocenters. The third-order valence-electron chi connectivity index (χ3n) is 1.29. The lowest BCUT2D eigenvalue weighted by molar-refractivity contribution is -0.117. The number of carbonyl (C=O) groups is 2. The number of thiocarbonyl (C=S) groups is 1. The second-order valence-corrected chi connectivity index (χ2v) is 3.00. The number of alkyl carbamates (subject to hydrolysis) is 1. The molecule has 0 radical (unpaired) electrons. The Hall–Kier alpha value is -1.43. The van der Waals surface area contributed by atoms with Crippen molar-refractivity contribution in [2.24, 2.45) is 0 Å². The summed E-state index contributed by atoms with van der Waals surface area (Å²) >= 11 is 4.63. The van der Waals surface area contributed by atoms with Gasteiger partial charge in [-0.25, -0.2) is 4.79 Å². The van der Waals surface area contributed by atoms with E-state index in [2.05, 4.69) is 28.9 Å². The zero-order valence-corrected chi connectivity index (χ0v) is 9.48. The fourth-order valence-corrected chi connectivity index (χ4v) is 0.683. The van der Waals surface area contributed by atoms with Gasteiger partial charge < -0.3 is 9.47 Å². The van der Waals surface area contributed by atoms with Gasteiger partial charge in [0, 0.05) is 0 Å². The van der Waals surface area contributed by atoms with Crippen LogP contribution in [-0.4, -0.2) is 30.3 Å². The molecular formula is C9H13NO4S. The van der Waals surface area contributed by atoms with Gasteiger partial charge in [0.25, 0.3) is 5.17 Å². The fourth-order valence-electron chi connectivity index (χ4n) is 0.541. The van der Waals surface area contributed by atoms with Gasteiger partial charge in [0.1, 0.15) is 0 Å². The Morgan fingerprint density at radius 3 is 2.47 bits per heavy atom. The summed E-state index contributed by atoms with van der Waals surface area (Å²) in [5.41, 5.74) is 0.369. The van der Waals surface area contributed by atoms with Gasteiger partial charge in [-0.2, -0.15) is 0 Å². The highest BCUT2D eigenvalue weighted by Crippen LogP contribution is 1.91. The lowest BCUT2D eigenvalue weighted by Gasteiger charge is -2.07. The highest BCUT2D eigenvalue weighted by Gasteiger charge is 2.08. The molecule has 15 heavy (non-hydrogen) atoms. The van der Waals surface area contributed by atoms with Crippen LogP contribution in [0.3, 0.4) is 0 Å². The highest BCUT2D eigenvalue weighted by atomic mass is 32.1. The van der Waals surface area contributed by atoms with E-state index >= 15 is 0 Å². The molecular weight excluding hydrogens is 218 g/mol. The maximum atomic E-state index is 11.0. The van der Waals surface area contributed by atoms with Crippen molar-refractivity contribution in [3.8, 4) is 0 Å². The summed E-state index contributed by atoms with van der Waals surface area (Å²) in [5.74, 6) is -0.275. The lowest BCUT2D eigenvalue weighted by Crippen LogP contribution is -2.32. The summed E-state index contributed by atoms with van der Waals surface area (Å²) in [5, 5.41) is 1.95. The maximum Gasteiger partial charge on any atom is 0.414 e. The Kier molecular flexibility index (Phi) is 6.28. The van der Waals surface area contributed by atoms with Crippen molar-refractivity contribution in [2.45, 2.75) is 13.8 Å². The van der Waals surface area contributed by atoms with Crippen LogP contribution in [0.4, 0.5) is 4.79 Å². The van der Waals surface area contributed by atoms with Gasteiger partial charge >= 0.3 is 6.09 Å². The first kappa shape index (κ1) is 13.6. The number of hydrogen-bond donors (Lipinski definition) is 1. The van der Waals surface area contributed by atoms with Gasteiger partial charge in [-0.1, -0.05) is 6.58 Å². The molecule has 0 aliphatic rings. The molecule has 0 aromatic rings. The smallest absolute Gasteiger partial charge is 0.414 e. The zero-order chi connectivity index (χ0) is 11.8. The van der Waals surface area contributed by atoms with Crippen LogP contribution in [0.1, 0.15) is 13.8 Å². The van der Waals surface area contributed by atoms with Crippen molar-refractivity contribution in [3.63, 3.8) is 0 Å². The molecule has 0 fully saturated rings. The minimum absolute atomic E-state index is 0.192. The quantitative estimate of drug-likeness (QED) is 0.581. The Balaban J connectivity index is 3.80. The van der Waals surface area contributed by atoms with Gasteiger partial charge in [-0.05, 0) is 31.6 Å². The predicted molar refractivity (Wildman–Crippen MR) is 58.5 cm³/mol. The van der Waals surface area contributed by atoms with E-state index in [0.29, 0.717) is 5.57 Å². The largest absolute Gasteiger partial charge is 0.462 e. The van der Waals surface area contributed by atoms with Crippen molar-refractivity contribution in [2.75, 3.05) is 13.2 Å². The van der Waals surface area contributed by atoms with E-state index in [1.165, 1.54) is 0 Å². The number of hydrogen-bond acceptors (Lipinski definition) is 5. The first-order valence-electron chi connectivity index (χ1n) is 4.26. The number of ether oxygens (including phenoxy) is 2. The van der Waals surface area contributed by atoms with E-state index in [-0.39, 0.29) is 24.2 Å². The maximum absolute atomic E-state index is 11.0. The second-order valence-electron chi connectivity index (χ2n) is 2.63. The molecule has 1 amide bonds. The van der Waals surface area contributed by atoms with Gasteiger partial charge in [0.05, 0.1) is 6.61 Å². The Bertz CT molecular complexity index is 288. The third-order valence-corrected chi connectivity index (χ3v) is 1.51. The first-order valence-corrected chi connectivity index (χ1v) is 4.67. The average Bonchev–Trinajstić information content (AvgIpc) is 2.14. The van der Waals surface area contributed by atoms with Crippen molar-refractivity contribution in [1.82, 2.24) is 5.32 Å². The molecule has 0 aromatic carbocycles. The summed E-state index contributed by atoms with van der Waals surface area (Å²) in [7, 11) is 0. The summed E-state index contributed by atoms with van der Waals surface area (Å²) in [4.78, 5) is 21.9. The number of Topliss-reactive ketones (excluding diaryl/α,β-unsaturated/α-hetero) is 1. The molecule has 0 atom stereocenters. The molecule has 0 aromatic heterocycles. The second kappa shape index (κ2) is 6.94. The van der Waals surface area contributed by atoms with Crippen molar-refractivity contribution in [3.05, 3.63) is 12.2 Å². The van der Waals surface area contributed by atoms with Crippen LogP contribution < -0.4 is 5.32 Å². The minimum Gasteiger partial charge on any atom is -0.462 e. The monoisotopic (exact) mass is 231 g/mol. The third kappa shape index (κ3) is 6.62. The van der Waals surface area contributed by atoms with Crippen LogP contribution in [0, 0.1) is 0 Å². The normalized spacial score (nSPS) is 8.93. The van der Waals surface area contributed by atoms with E-state index < -0.39 is 6.09 Å². The van der Waals surface area contributed by atoms with Crippen molar-refractivity contribution < 1.29 is 19.1 Å². The topological polar surface area (TPSA) is 64.6 Å². The lowest BCUT2D eigenvalue weighted by atomic mass is 10.2. The number of carbonyl (C=O) groups excluding carboxylic acids is 2. The van der Waals surface area contributed by atoms with Crippen LogP contribution in [0.15, 0.2) is 12.2 Å². The summed E-state index contributed by atoms with van der Waals surface area (Å²) in [6, 6.07) is 0. The molecule has 84 valence electrons. The van der Waals surface area contributed by atoms with E-state index in [9.17, 15) is 9.59 Å². The van der Waals surface area contributed by atoms with Gasteiger partial charge in [0.15, 0.2) is 12.4 Å². The Morgan fingerprint density at radius 1 is 1.40 bits per heavy atom. The summed E-state index contributed by atoms with van der Waals surface area (Å²) < 4.78 is 9.34. The standard InChI is InChI=1S/C9H13NO4S/c1-4-13-8(12)10-9(15)14-5-7(11)6(2)3/h2,4-5H2,1,3H3,(H,10,12,15). The van der Waals surface area contributed by atoms with Gasteiger partial charge in [-0.15, -0.1) is 0 Å². The van der Waals surface area contributed by atoms with Crippen LogP contribution in [0.5, 0.6) is 0 Å². The zero-order valence-electron chi connectivity index (χ0n) is 8.66. The molecule has 0 aliphatic heterocycles. The van der Waals surface area contributed by atoms with Crippen LogP contribution in [0.2, 0.25) is 0 Å². The molecule has 0 saturated heterocycles. The van der Waals surface area contributed by atoms with Crippen LogP contribution in [0.25, 0.3) is 0 Å². The van der Waals surface area contributed by atoms with Gasteiger partial charge in [0.2, 0.25) is 0 Å². The van der Waals surface area contributed by atoms with Crippen molar-refractivity contribution in [1.29, 1.82) is 0 Å². The summed E-state index contributed by atoms with van der Waals surface area (Å²) in [6.07, 6.45) is -0.703. The number of amides is 1. The van der Waals surface area contributed by atoms with Crippen LogP contribution >= 0.6 is 12.2 Å². The highest BCUT2D eigenvalue weighted by molar-refractivity contribution is 7.80. The number of nitrogens with one attached hydrogen (secondary N) is 1. The fraction of sp³-hybridized carbons (Fsp3) is 0.444. The van der Waals surface area contributed by atoms with E-state index in [1.54, 1.807) is 13.8 Å². The van der Waals surface area contributed by atoms with E-state index in [1.807, 2.05) is 0 Å². The molecule has 6 heteroatoms. The molecule has 1 N–H and O–H groups in total. The SMILES string of the molecule is C=C(C)C(=O)COC(=S)NC(=O)OCC. The number of rotatable bonds is 4. The minimum atomic E-state index is -0.703. The molecule has 5 nitrogen and oxygen atoms in total. The first-order chi connectivity index (χ1) is 6.97. The Morgan fingerprint density at radius 2 is 2.00 bits per heavy atom. The number of ketones is 1. The average molecular weight is 231 g/mol. The van der Waals surface area contributed by atoms with E-state index in [4.69, 9.17) is 4.74 Å². The predicted octanol–water partition coefficient (Wildman–Crippen LogP) is 1.18. The van der Waals surface area contributed by atoms with Crippen molar-refractivity contribution >= 4 is 29.3 Å². The van der Waals surface area contributed by atoms with Crippen LogP contribution in [-0.2, 0) is 14.3 Å². The molecule has 0 saturated carbocycles. The molecule has 0 heterocycles. The van der Waals surface area contributed by atoms with E-state index in [0.717, 1.165) is 0 Å². The molecule has 0 bridgehead atoms. The molecule has 0 rings (SSSR count). The Labute approximate surface area is 93.4 Å². The summed E-state index contributed by atoms with van der Waals surface area (Å²) in [6.45, 7) is 6.66. The van der Waals surface area contributed by atoms with Gasteiger partial charge in [-0.3, -0.25) is 10.1 Å². The molecule has 0 spiro atoms. The molecule has 0 aliphatic carbocycles.